The van der Waals surface area contributed by atoms with Crippen LogP contribution in [-0.2, 0) is 13.6 Å². The second-order valence-corrected chi connectivity index (χ2v) is 9.30. The first-order chi connectivity index (χ1) is 18.5. The van der Waals surface area contributed by atoms with Crippen LogP contribution in [0, 0.1) is 10.1 Å². The molecule has 2 aromatic heterocycles. The van der Waals surface area contributed by atoms with Crippen LogP contribution in [0.4, 0.5) is 17.3 Å². The first-order valence-corrected chi connectivity index (χ1v) is 12.5. The third kappa shape index (κ3) is 6.02. The molecule has 0 spiro atoms. The van der Waals surface area contributed by atoms with Gasteiger partial charge in [-0.05, 0) is 35.9 Å². The molecule has 4 aromatic rings. The second-order valence-electron chi connectivity index (χ2n) is 9.30. The molecule has 0 saturated carbocycles. The predicted molar refractivity (Wildman–Crippen MR) is 145 cm³/mol. The first kappa shape index (κ1) is 25.5. The van der Waals surface area contributed by atoms with Crippen molar-refractivity contribution in [1.29, 1.82) is 0 Å². The molecule has 0 radical (unpaired) electrons. The normalized spacial score (nSPS) is 14.5. The summed E-state index contributed by atoms with van der Waals surface area (Å²) in [6, 6.07) is 16.4. The molecular weight excluding hydrogens is 484 g/mol. The number of nitrogens with one attached hydrogen (secondary N) is 1. The zero-order chi connectivity index (χ0) is 26.5. The minimum absolute atomic E-state index is 0.0333. The first-order valence-electron chi connectivity index (χ1n) is 12.5. The maximum absolute atomic E-state index is 11.0. The van der Waals surface area contributed by atoms with Gasteiger partial charge >= 0.3 is 0 Å². The molecule has 0 amide bonds. The maximum atomic E-state index is 11.0. The quantitative estimate of drug-likeness (QED) is 0.256. The zero-order valence-electron chi connectivity index (χ0n) is 21.2. The third-order valence-electron chi connectivity index (χ3n) is 6.58. The Morgan fingerprint density at radius 3 is 2.55 bits per heavy atom. The number of aliphatic hydroxyl groups is 1. The number of nitro benzene ring substituents is 1. The van der Waals surface area contributed by atoms with Crippen molar-refractivity contribution in [3.8, 4) is 22.5 Å². The predicted octanol–water partition coefficient (Wildman–Crippen LogP) is 3.31. The number of hydrogen-bond donors (Lipinski definition) is 2. The van der Waals surface area contributed by atoms with Gasteiger partial charge in [0.1, 0.15) is 5.69 Å². The Hall–Kier alpha value is -4.19. The number of aromatic nitrogens is 4. The fourth-order valence-corrected chi connectivity index (χ4v) is 4.65. The van der Waals surface area contributed by atoms with Crippen molar-refractivity contribution in [1.82, 2.24) is 29.5 Å². The van der Waals surface area contributed by atoms with Crippen molar-refractivity contribution in [3.63, 3.8) is 0 Å². The van der Waals surface area contributed by atoms with Crippen molar-refractivity contribution in [2.75, 3.05) is 44.6 Å². The van der Waals surface area contributed by atoms with Crippen LogP contribution in [0.25, 0.3) is 22.5 Å². The van der Waals surface area contributed by atoms with Gasteiger partial charge in [0.2, 0.25) is 5.95 Å². The largest absolute Gasteiger partial charge is 0.395 e. The SMILES string of the molecule is Cn1cc(-c2ccnc(Nc3cccc(CN4CCN(CCO)CC4)c3)n2)c(-c2ccc([N+](=O)[O-])cc2)n1. The smallest absolute Gasteiger partial charge is 0.269 e. The molecule has 3 heterocycles. The van der Waals surface area contributed by atoms with Gasteiger partial charge in [-0.15, -0.1) is 0 Å². The average molecular weight is 515 g/mol. The Morgan fingerprint density at radius 2 is 1.82 bits per heavy atom. The van der Waals surface area contributed by atoms with Crippen molar-refractivity contribution < 1.29 is 10.0 Å². The fraction of sp³-hybridized carbons (Fsp3) is 0.296. The molecule has 2 N–H and O–H groups in total. The van der Waals surface area contributed by atoms with Crippen LogP contribution >= 0.6 is 0 Å². The van der Waals surface area contributed by atoms with Crippen molar-refractivity contribution in [2.24, 2.45) is 7.05 Å². The highest BCUT2D eigenvalue weighted by Crippen LogP contribution is 2.31. The molecule has 0 aliphatic carbocycles. The minimum Gasteiger partial charge on any atom is -0.395 e. The van der Waals surface area contributed by atoms with E-state index in [0.29, 0.717) is 17.3 Å². The highest BCUT2D eigenvalue weighted by Gasteiger charge is 2.17. The van der Waals surface area contributed by atoms with E-state index in [2.05, 4.69) is 37.3 Å². The number of nitro groups is 1. The molecule has 1 fully saturated rings. The van der Waals surface area contributed by atoms with Gasteiger partial charge in [-0.2, -0.15) is 5.10 Å². The number of non-ortho nitro benzene ring substituents is 1. The number of anilines is 2. The average Bonchev–Trinajstić information content (AvgIpc) is 3.32. The molecule has 38 heavy (non-hydrogen) atoms. The zero-order valence-corrected chi connectivity index (χ0v) is 21.2. The van der Waals surface area contributed by atoms with Crippen LogP contribution in [0.2, 0.25) is 0 Å². The van der Waals surface area contributed by atoms with Crippen LogP contribution < -0.4 is 5.32 Å². The summed E-state index contributed by atoms with van der Waals surface area (Å²) in [7, 11) is 1.83. The van der Waals surface area contributed by atoms with E-state index in [0.717, 1.165) is 56.1 Å². The molecular formula is C27H30N8O3. The molecule has 0 bridgehead atoms. The Kier molecular flexibility index (Phi) is 7.68. The number of aliphatic hydroxyl groups excluding tert-OH is 1. The Bertz CT molecular complexity index is 1400. The minimum atomic E-state index is -0.417. The molecule has 1 aliphatic rings. The highest BCUT2D eigenvalue weighted by atomic mass is 16.6. The van der Waals surface area contributed by atoms with Gasteiger partial charge in [0.25, 0.3) is 5.69 Å². The van der Waals surface area contributed by atoms with E-state index in [9.17, 15) is 10.1 Å². The number of piperazine rings is 1. The summed E-state index contributed by atoms with van der Waals surface area (Å²) in [6.45, 7) is 5.69. The van der Waals surface area contributed by atoms with Gasteiger partial charge in [0.15, 0.2) is 0 Å². The molecule has 0 unspecified atom stereocenters. The van der Waals surface area contributed by atoms with E-state index in [1.807, 2.05) is 31.4 Å². The highest BCUT2D eigenvalue weighted by molar-refractivity contribution is 5.79. The monoisotopic (exact) mass is 514 g/mol. The lowest BCUT2D eigenvalue weighted by Crippen LogP contribution is -2.46. The molecule has 196 valence electrons. The number of nitrogens with zero attached hydrogens (tertiary/aromatic N) is 7. The van der Waals surface area contributed by atoms with Crippen molar-refractivity contribution in [2.45, 2.75) is 6.54 Å². The summed E-state index contributed by atoms with van der Waals surface area (Å²) in [6.07, 6.45) is 3.58. The van der Waals surface area contributed by atoms with Crippen LogP contribution in [0.3, 0.4) is 0 Å². The van der Waals surface area contributed by atoms with Gasteiger partial charge in [0, 0.05) is 87.7 Å². The van der Waals surface area contributed by atoms with Crippen molar-refractivity contribution in [3.05, 3.63) is 82.7 Å². The van der Waals surface area contributed by atoms with Gasteiger partial charge in [0.05, 0.1) is 17.2 Å². The molecule has 1 aliphatic heterocycles. The summed E-state index contributed by atoms with van der Waals surface area (Å²) in [5, 5.41) is 28.1. The van der Waals surface area contributed by atoms with E-state index in [1.54, 1.807) is 23.0 Å². The van der Waals surface area contributed by atoms with Crippen LogP contribution in [0.5, 0.6) is 0 Å². The summed E-state index contributed by atoms with van der Waals surface area (Å²) in [5.74, 6) is 0.468. The van der Waals surface area contributed by atoms with Crippen LogP contribution in [0.1, 0.15) is 5.56 Å². The molecule has 5 rings (SSSR count). The van der Waals surface area contributed by atoms with E-state index in [4.69, 9.17) is 10.1 Å². The molecule has 11 heteroatoms. The van der Waals surface area contributed by atoms with Gasteiger partial charge in [-0.25, -0.2) is 9.97 Å². The summed E-state index contributed by atoms with van der Waals surface area (Å²) in [4.78, 5) is 24.5. The number of aryl methyl sites for hydroxylation is 1. The molecule has 0 atom stereocenters. The lowest BCUT2D eigenvalue weighted by Gasteiger charge is -2.34. The van der Waals surface area contributed by atoms with Crippen molar-refractivity contribution >= 4 is 17.3 Å². The van der Waals surface area contributed by atoms with Gasteiger partial charge < -0.3 is 10.4 Å². The van der Waals surface area contributed by atoms with Gasteiger partial charge in [-0.1, -0.05) is 12.1 Å². The molecule has 11 nitrogen and oxygen atoms in total. The van der Waals surface area contributed by atoms with E-state index < -0.39 is 4.92 Å². The third-order valence-corrected chi connectivity index (χ3v) is 6.58. The second kappa shape index (κ2) is 11.5. The fourth-order valence-electron chi connectivity index (χ4n) is 4.65. The Morgan fingerprint density at radius 1 is 1.05 bits per heavy atom. The Balaban J connectivity index is 1.31. The standard InChI is InChI=1S/C27H30N8O3/c1-32-19-24(26(31-32)21-5-7-23(8-6-21)35(37)38)25-9-10-28-27(30-25)29-22-4-2-3-20(17-22)18-34-13-11-33(12-14-34)15-16-36/h2-10,17,19,36H,11-16,18H2,1H3,(H,28,29,30). The maximum Gasteiger partial charge on any atom is 0.269 e. The summed E-state index contributed by atoms with van der Waals surface area (Å²) >= 11 is 0. The van der Waals surface area contributed by atoms with E-state index in [1.165, 1.54) is 17.7 Å². The lowest BCUT2D eigenvalue weighted by atomic mass is 10.1. The lowest BCUT2D eigenvalue weighted by molar-refractivity contribution is -0.384. The number of benzene rings is 2. The van der Waals surface area contributed by atoms with Gasteiger partial charge in [-0.3, -0.25) is 24.6 Å². The number of hydrogen-bond acceptors (Lipinski definition) is 9. The van der Waals surface area contributed by atoms with E-state index >= 15 is 0 Å². The summed E-state index contributed by atoms with van der Waals surface area (Å²) < 4.78 is 1.70. The van der Waals surface area contributed by atoms with Crippen LogP contribution in [-0.4, -0.2) is 78.9 Å². The van der Waals surface area contributed by atoms with Crippen LogP contribution in [0.15, 0.2) is 67.0 Å². The number of β-amino-alcohol motifs (C(OH)–C–C–N with tert-alkyl or cyclic N) is 1. The molecule has 2 aromatic carbocycles. The number of rotatable bonds is 9. The Labute approximate surface area is 220 Å². The topological polar surface area (TPSA) is 125 Å². The van der Waals surface area contributed by atoms with E-state index in [-0.39, 0.29) is 12.3 Å². The molecule has 1 saturated heterocycles. The summed E-state index contributed by atoms with van der Waals surface area (Å²) in [5.41, 5.74) is 5.10.